The van der Waals surface area contributed by atoms with Crippen LogP contribution in [-0.4, -0.2) is 41.1 Å². The highest BCUT2D eigenvalue weighted by molar-refractivity contribution is 7.48. The Kier molecular flexibility index (Phi) is 12.1. The van der Waals surface area contributed by atoms with Crippen LogP contribution in [0.3, 0.4) is 0 Å². The van der Waals surface area contributed by atoms with E-state index in [1.807, 2.05) is 0 Å². The Hall–Kier alpha value is -2.73. The molecule has 0 amide bonds. The monoisotopic (exact) mass is 714 g/mol. The van der Waals surface area contributed by atoms with Crippen LogP contribution in [0, 0.1) is 0 Å². The predicted octanol–water partition coefficient (Wildman–Crippen LogP) is 9.35. The molecule has 1 N–H and O–H groups in total. The first-order valence-electron chi connectivity index (χ1n) is 15.2. The zero-order chi connectivity index (χ0) is 36.3. The number of hydrogen-bond acceptors (Lipinski definition) is 13. The van der Waals surface area contributed by atoms with Gasteiger partial charge in [0.15, 0.2) is 13.6 Å². The van der Waals surface area contributed by atoms with Crippen LogP contribution in [0.15, 0.2) is 51.9 Å². The quantitative estimate of drug-likeness (QED) is 0.132. The Morgan fingerprint density at radius 3 is 1.48 bits per heavy atom. The van der Waals surface area contributed by atoms with Crippen LogP contribution < -0.4 is 14.9 Å². The summed E-state index contributed by atoms with van der Waals surface area (Å²) in [6.07, 6.45) is 1.26. The highest BCUT2D eigenvalue weighted by atomic mass is 31.2. The van der Waals surface area contributed by atoms with Gasteiger partial charge in [0.2, 0.25) is 5.43 Å². The van der Waals surface area contributed by atoms with Crippen LogP contribution in [0.5, 0.6) is 17.2 Å². The molecule has 0 aliphatic rings. The van der Waals surface area contributed by atoms with Gasteiger partial charge in [-0.15, -0.1) is 0 Å². The maximum Gasteiger partial charge on any atom is 0.478 e. The number of fused-ring (bicyclic) bond motifs is 1. The van der Waals surface area contributed by atoms with Crippen molar-refractivity contribution in [2.45, 2.75) is 105 Å². The molecule has 0 radical (unpaired) electrons. The zero-order valence-corrected chi connectivity index (χ0v) is 31.5. The molecule has 0 aliphatic heterocycles. The van der Waals surface area contributed by atoms with Gasteiger partial charge in [0.1, 0.15) is 34.5 Å². The Bertz CT molecular complexity index is 1660. The van der Waals surface area contributed by atoms with E-state index in [2.05, 4.69) is 0 Å². The van der Waals surface area contributed by atoms with Crippen molar-refractivity contribution in [2.24, 2.45) is 0 Å². The molecule has 1 heterocycles. The van der Waals surface area contributed by atoms with Gasteiger partial charge in [-0.05, 0) is 101 Å². The number of rotatable bonds is 13. The number of phenols is 1. The molecule has 3 aromatic rings. The second kappa shape index (κ2) is 14.6. The largest absolute Gasteiger partial charge is 0.507 e. The molecule has 15 heteroatoms. The predicted molar refractivity (Wildman–Crippen MR) is 181 cm³/mol. The molecular weight excluding hydrogens is 666 g/mol. The molecular formula is C33H48O13P2. The van der Waals surface area contributed by atoms with E-state index in [0.717, 1.165) is 0 Å². The lowest BCUT2D eigenvalue weighted by molar-refractivity contribution is -0.0207. The van der Waals surface area contributed by atoms with Crippen molar-refractivity contribution >= 4 is 26.6 Å². The van der Waals surface area contributed by atoms with Crippen molar-refractivity contribution in [3.63, 3.8) is 0 Å². The summed E-state index contributed by atoms with van der Waals surface area (Å²) in [5.74, 6) is 0.0527. The maximum absolute atomic E-state index is 13.4. The average molecular weight is 715 g/mol. The van der Waals surface area contributed by atoms with Gasteiger partial charge in [0.25, 0.3) is 0 Å². The molecule has 268 valence electrons. The summed E-state index contributed by atoms with van der Waals surface area (Å²) >= 11 is 0. The number of benzene rings is 2. The van der Waals surface area contributed by atoms with Gasteiger partial charge in [-0.25, -0.2) is 18.2 Å². The van der Waals surface area contributed by atoms with Crippen molar-refractivity contribution in [1.29, 1.82) is 0 Å². The number of hydrogen-bond donors (Lipinski definition) is 1. The fourth-order valence-corrected chi connectivity index (χ4v) is 7.36. The number of phenolic OH excluding ortho intramolecular Hbond substituents is 1. The lowest BCUT2D eigenvalue weighted by Crippen LogP contribution is -2.25. The second-order valence-corrected chi connectivity index (χ2v) is 17.8. The van der Waals surface area contributed by atoms with E-state index < -0.39 is 62.8 Å². The highest BCUT2D eigenvalue weighted by Gasteiger charge is 2.38. The van der Waals surface area contributed by atoms with Crippen molar-refractivity contribution in [3.05, 3.63) is 52.9 Å². The van der Waals surface area contributed by atoms with E-state index in [4.69, 9.17) is 41.0 Å². The normalized spacial score (nSPS) is 13.6. The van der Waals surface area contributed by atoms with E-state index in [1.54, 1.807) is 107 Å². The van der Waals surface area contributed by atoms with Gasteiger partial charge in [0.05, 0.1) is 28.0 Å². The first-order valence-corrected chi connectivity index (χ1v) is 18.1. The number of ether oxygens (including phenoxy) is 2. The molecule has 0 bridgehead atoms. The molecule has 0 unspecified atom stereocenters. The van der Waals surface area contributed by atoms with E-state index >= 15 is 0 Å². The van der Waals surface area contributed by atoms with E-state index in [-0.39, 0.29) is 22.3 Å². The zero-order valence-electron chi connectivity index (χ0n) is 29.7. The minimum Gasteiger partial charge on any atom is -0.507 e. The van der Waals surface area contributed by atoms with Gasteiger partial charge in [-0.1, -0.05) is 12.1 Å². The molecule has 0 spiro atoms. The molecule has 3 rings (SSSR count). The molecule has 0 saturated heterocycles. The third-order valence-corrected chi connectivity index (χ3v) is 9.34. The number of phosphoric acid groups is 2. The van der Waals surface area contributed by atoms with Gasteiger partial charge in [-0.3, -0.25) is 22.9 Å². The lowest BCUT2D eigenvalue weighted by Gasteiger charge is -2.30. The fraction of sp³-hybridized carbons (Fsp3) is 0.545. The molecule has 1 aromatic heterocycles. The summed E-state index contributed by atoms with van der Waals surface area (Å²) in [6, 6.07) is 9.03. The molecule has 13 nitrogen and oxygen atoms in total. The minimum absolute atomic E-state index is 0.0512. The standard InChI is InChI=1S/C33H48O13P2/c1-30(2,3)43-47(36,44-31(4,5)6)41-20-39-23-15-13-22(14-16-23)25-19-38-27-18-24(17-26(34)28(27)29(25)35)40-21-42-48(37,45-32(7,8)9)46-33(10,11)12/h13-19,34H,20-21H2,1-12H3. The molecule has 0 fully saturated rings. The third kappa shape index (κ3) is 12.6. The van der Waals surface area contributed by atoms with Crippen LogP contribution in [0.1, 0.15) is 83.1 Å². The second-order valence-electron chi connectivity index (χ2n) is 14.8. The Balaban J connectivity index is 1.73. The van der Waals surface area contributed by atoms with Gasteiger partial charge >= 0.3 is 15.6 Å². The van der Waals surface area contributed by atoms with Gasteiger partial charge < -0.3 is 19.0 Å². The van der Waals surface area contributed by atoms with Crippen LogP contribution >= 0.6 is 15.6 Å². The SMILES string of the molecule is CC(C)(C)OP(=O)(OCOc1ccc(-c2coc3cc(OCOP(=O)(OC(C)(C)C)OC(C)(C)C)cc(O)c3c2=O)cc1)OC(C)(C)C. The first kappa shape index (κ1) is 39.7. The van der Waals surface area contributed by atoms with Crippen LogP contribution in [-0.2, 0) is 36.3 Å². The maximum atomic E-state index is 13.4. The van der Waals surface area contributed by atoms with Crippen LogP contribution in [0.2, 0.25) is 0 Å². The molecule has 0 aliphatic carbocycles. The molecule has 2 aromatic carbocycles. The summed E-state index contributed by atoms with van der Waals surface area (Å²) in [4.78, 5) is 13.4. The Morgan fingerprint density at radius 1 is 0.646 bits per heavy atom. The summed E-state index contributed by atoms with van der Waals surface area (Å²) < 4.78 is 76.4. The van der Waals surface area contributed by atoms with Gasteiger partial charge in [-0.2, -0.15) is 0 Å². The molecule has 0 saturated carbocycles. The van der Waals surface area contributed by atoms with Crippen molar-refractivity contribution in [1.82, 2.24) is 0 Å². The topological polar surface area (TPSA) is 158 Å². The van der Waals surface area contributed by atoms with Crippen molar-refractivity contribution < 1.29 is 55.3 Å². The summed E-state index contributed by atoms with van der Waals surface area (Å²) in [6.45, 7) is 19.7. The van der Waals surface area contributed by atoms with Crippen molar-refractivity contribution in [3.8, 4) is 28.4 Å². The fourth-order valence-electron chi connectivity index (χ4n) is 4.02. The van der Waals surface area contributed by atoms with E-state index in [9.17, 15) is 19.0 Å². The number of phosphoric ester groups is 2. The average Bonchev–Trinajstić information content (AvgIpc) is 2.84. The summed E-state index contributed by atoms with van der Waals surface area (Å²) in [7, 11) is -8.01. The molecule has 48 heavy (non-hydrogen) atoms. The smallest absolute Gasteiger partial charge is 0.478 e. The molecule has 0 atom stereocenters. The third-order valence-electron chi connectivity index (χ3n) is 5.41. The highest BCUT2D eigenvalue weighted by Crippen LogP contribution is 2.56. The van der Waals surface area contributed by atoms with E-state index in [0.29, 0.717) is 11.3 Å². The summed E-state index contributed by atoms with van der Waals surface area (Å²) in [5, 5.41) is 10.7. The van der Waals surface area contributed by atoms with Crippen LogP contribution in [0.4, 0.5) is 0 Å². The number of aromatic hydroxyl groups is 1. The Labute approximate surface area is 282 Å². The van der Waals surface area contributed by atoms with Crippen molar-refractivity contribution in [2.75, 3.05) is 13.6 Å². The van der Waals surface area contributed by atoms with E-state index in [1.165, 1.54) is 18.4 Å². The minimum atomic E-state index is -4.04. The van der Waals surface area contributed by atoms with Crippen LogP contribution in [0.25, 0.3) is 22.1 Å². The Morgan fingerprint density at radius 2 is 1.06 bits per heavy atom. The summed E-state index contributed by atoms with van der Waals surface area (Å²) in [5.41, 5.74) is -3.04. The lowest BCUT2D eigenvalue weighted by atomic mass is 10.0. The first-order chi connectivity index (χ1) is 21.8. The van der Waals surface area contributed by atoms with Gasteiger partial charge in [0, 0.05) is 12.1 Å².